The zero-order valence-corrected chi connectivity index (χ0v) is 16.8. The molecule has 1 N–H and O–H groups in total. The van der Waals surface area contributed by atoms with Crippen LogP contribution in [0.3, 0.4) is 0 Å². The monoisotopic (exact) mass is 342 g/mol. The van der Waals surface area contributed by atoms with Crippen molar-refractivity contribution in [2.45, 2.75) is 103 Å². The van der Waals surface area contributed by atoms with Crippen molar-refractivity contribution in [3.8, 4) is 0 Å². The molecule has 0 aliphatic carbocycles. The number of unbranched alkanes of at least 4 members (excludes halogenated alkanes) is 12. The van der Waals surface area contributed by atoms with E-state index in [1.807, 2.05) is 0 Å². The molecule has 24 heavy (non-hydrogen) atoms. The maximum absolute atomic E-state index is 10.6. The highest BCUT2D eigenvalue weighted by molar-refractivity contribution is 5.66. The highest BCUT2D eigenvalue weighted by Crippen LogP contribution is 2.13. The average molecular weight is 343 g/mol. The molecule has 0 rings (SSSR count). The SMILES string of the molecule is CCCCCCCCCCCCCCC[N+](C)(C)CCCC(=O)O. The number of quaternary nitrogens is 1. The predicted molar refractivity (Wildman–Crippen MR) is 104 cm³/mol. The Morgan fingerprint density at radius 1 is 0.667 bits per heavy atom. The van der Waals surface area contributed by atoms with E-state index in [0.29, 0.717) is 6.42 Å². The van der Waals surface area contributed by atoms with Crippen molar-refractivity contribution in [3.05, 3.63) is 0 Å². The van der Waals surface area contributed by atoms with Crippen molar-refractivity contribution in [1.82, 2.24) is 0 Å². The molecule has 3 nitrogen and oxygen atoms in total. The van der Waals surface area contributed by atoms with E-state index < -0.39 is 5.97 Å². The molecule has 0 aliphatic heterocycles. The highest BCUT2D eigenvalue weighted by atomic mass is 16.4. The standard InChI is InChI=1S/C21H43NO2/c1-4-5-6-7-8-9-10-11-12-13-14-15-16-19-22(2,3)20-17-18-21(23)24/h4-20H2,1-3H3/p+1. The van der Waals surface area contributed by atoms with Gasteiger partial charge in [0.1, 0.15) is 0 Å². The van der Waals surface area contributed by atoms with Gasteiger partial charge in [-0.15, -0.1) is 0 Å². The minimum atomic E-state index is -0.670. The number of carboxylic acids is 1. The van der Waals surface area contributed by atoms with Crippen molar-refractivity contribution in [1.29, 1.82) is 0 Å². The summed E-state index contributed by atoms with van der Waals surface area (Å²) in [7, 11) is 4.45. The molecule has 0 amide bonds. The fourth-order valence-electron chi connectivity index (χ4n) is 3.33. The van der Waals surface area contributed by atoms with Crippen LogP contribution in [0, 0.1) is 0 Å². The first-order valence-corrected chi connectivity index (χ1v) is 10.5. The van der Waals surface area contributed by atoms with Gasteiger partial charge in [-0.05, 0) is 12.8 Å². The summed E-state index contributed by atoms with van der Waals surface area (Å²) in [5.74, 6) is -0.670. The molecule has 0 saturated heterocycles. The Balaban J connectivity index is 3.27. The van der Waals surface area contributed by atoms with E-state index in [1.165, 1.54) is 90.0 Å². The summed E-state index contributed by atoms with van der Waals surface area (Å²) < 4.78 is 0.964. The predicted octanol–water partition coefficient (Wildman–Crippen LogP) is 6.02. The lowest BCUT2D eigenvalue weighted by Gasteiger charge is -2.29. The lowest BCUT2D eigenvalue weighted by Crippen LogP contribution is -2.41. The van der Waals surface area contributed by atoms with Crippen molar-refractivity contribution in [2.75, 3.05) is 27.2 Å². The lowest BCUT2D eigenvalue weighted by atomic mass is 10.0. The summed E-state index contributed by atoms with van der Waals surface area (Å²) in [5, 5.41) is 8.70. The van der Waals surface area contributed by atoms with E-state index in [1.54, 1.807) is 0 Å². The van der Waals surface area contributed by atoms with Crippen molar-refractivity contribution in [2.24, 2.45) is 0 Å². The Labute approximate surface area is 151 Å². The summed E-state index contributed by atoms with van der Waals surface area (Å²) >= 11 is 0. The van der Waals surface area contributed by atoms with Crippen LogP contribution in [-0.2, 0) is 4.79 Å². The van der Waals surface area contributed by atoms with Crippen LogP contribution >= 0.6 is 0 Å². The number of carbonyl (C=O) groups is 1. The third-order valence-electron chi connectivity index (χ3n) is 5.02. The van der Waals surface area contributed by atoms with Gasteiger partial charge in [-0.3, -0.25) is 4.79 Å². The molecule has 0 aliphatic rings. The molecule has 0 aromatic carbocycles. The number of hydrogen-bond donors (Lipinski definition) is 1. The van der Waals surface area contributed by atoms with Gasteiger partial charge in [-0.25, -0.2) is 0 Å². The molecule has 0 fully saturated rings. The van der Waals surface area contributed by atoms with Crippen molar-refractivity contribution in [3.63, 3.8) is 0 Å². The first-order chi connectivity index (χ1) is 11.5. The van der Waals surface area contributed by atoms with Crippen molar-refractivity contribution < 1.29 is 14.4 Å². The first-order valence-electron chi connectivity index (χ1n) is 10.5. The van der Waals surface area contributed by atoms with Crippen LogP contribution in [0.25, 0.3) is 0 Å². The average Bonchev–Trinajstić information content (AvgIpc) is 2.51. The molecular formula is C21H44NO2+. The fourth-order valence-corrected chi connectivity index (χ4v) is 3.33. The zero-order chi connectivity index (χ0) is 18.1. The van der Waals surface area contributed by atoms with Gasteiger partial charge in [-0.2, -0.15) is 0 Å². The molecule has 3 heteroatoms. The number of rotatable bonds is 18. The first kappa shape index (κ1) is 23.4. The number of aliphatic carboxylic acids is 1. The van der Waals surface area contributed by atoms with E-state index in [4.69, 9.17) is 5.11 Å². The van der Waals surface area contributed by atoms with E-state index in [-0.39, 0.29) is 0 Å². The van der Waals surface area contributed by atoms with E-state index in [9.17, 15) is 4.79 Å². The highest BCUT2D eigenvalue weighted by Gasteiger charge is 2.14. The summed E-state index contributed by atoms with van der Waals surface area (Å²) in [6, 6.07) is 0. The maximum Gasteiger partial charge on any atom is 0.303 e. The molecule has 0 unspecified atom stereocenters. The molecule has 0 aromatic rings. The third kappa shape index (κ3) is 17.8. The van der Waals surface area contributed by atoms with Crippen LogP contribution < -0.4 is 0 Å². The summed E-state index contributed by atoms with van der Waals surface area (Å²) in [6.07, 6.45) is 19.2. The second-order valence-corrected chi connectivity index (χ2v) is 8.12. The molecule has 0 atom stereocenters. The molecule has 0 aromatic heterocycles. The van der Waals surface area contributed by atoms with E-state index in [0.717, 1.165) is 17.4 Å². The van der Waals surface area contributed by atoms with Crippen LogP contribution in [0.1, 0.15) is 103 Å². The number of carboxylic acid groups (broad SMARTS) is 1. The van der Waals surface area contributed by atoms with Crippen LogP contribution in [0.4, 0.5) is 0 Å². The second kappa shape index (κ2) is 15.9. The van der Waals surface area contributed by atoms with Crippen molar-refractivity contribution >= 4 is 5.97 Å². The van der Waals surface area contributed by atoms with Gasteiger partial charge >= 0.3 is 5.97 Å². The van der Waals surface area contributed by atoms with Gasteiger partial charge in [0.15, 0.2) is 0 Å². The molecule has 0 radical (unpaired) electrons. The Morgan fingerprint density at radius 3 is 1.46 bits per heavy atom. The fraction of sp³-hybridized carbons (Fsp3) is 0.952. The number of hydrogen-bond acceptors (Lipinski definition) is 1. The summed E-state index contributed by atoms with van der Waals surface area (Å²) in [4.78, 5) is 10.6. The van der Waals surface area contributed by atoms with Crippen LogP contribution in [0.15, 0.2) is 0 Å². The van der Waals surface area contributed by atoms with Crippen LogP contribution in [0.2, 0.25) is 0 Å². The van der Waals surface area contributed by atoms with Crippen LogP contribution in [-0.4, -0.2) is 42.7 Å². The van der Waals surface area contributed by atoms with Gasteiger partial charge in [0.25, 0.3) is 0 Å². The summed E-state index contributed by atoms with van der Waals surface area (Å²) in [6.45, 7) is 4.43. The Kier molecular flexibility index (Phi) is 15.6. The maximum atomic E-state index is 10.6. The Hall–Kier alpha value is -0.570. The molecule has 0 saturated carbocycles. The second-order valence-electron chi connectivity index (χ2n) is 8.12. The van der Waals surface area contributed by atoms with Gasteiger partial charge in [0, 0.05) is 6.42 Å². The Bertz CT molecular complexity index is 290. The normalized spacial score (nSPS) is 11.8. The summed E-state index contributed by atoms with van der Waals surface area (Å²) in [5.41, 5.74) is 0. The van der Waals surface area contributed by atoms with Gasteiger partial charge in [0.2, 0.25) is 0 Å². The van der Waals surface area contributed by atoms with E-state index >= 15 is 0 Å². The molecule has 0 bridgehead atoms. The quantitative estimate of drug-likeness (QED) is 0.244. The largest absolute Gasteiger partial charge is 0.481 e. The smallest absolute Gasteiger partial charge is 0.303 e. The molecule has 0 heterocycles. The van der Waals surface area contributed by atoms with E-state index in [2.05, 4.69) is 21.0 Å². The lowest BCUT2D eigenvalue weighted by molar-refractivity contribution is -0.890. The minimum absolute atomic E-state index is 0.306. The zero-order valence-electron chi connectivity index (χ0n) is 16.8. The Morgan fingerprint density at radius 2 is 1.04 bits per heavy atom. The van der Waals surface area contributed by atoms with Gasteiger partial charge < -0.3 is 9.59 Å². The van der Waals surface area contributed by atoms with Gasteiger partial charge in [-0.1, -0.05) is 77.6 Å². The van der Waals surface area contributed by atoms with Gasteiger partial charge in [0.05, 0.1) is 33.6 Å². The van der Waals surface area contributed by atoms with Crippen LogP contribution in [0.5, 0.6) is 0 Å². The molecule has 144 valence electrons. The third-order valence-corrected chi connectivity index (χ3v) is 5.02. The molecule has 0 spiro atoms. The number of nitrogens with zero attached hydrogens (tertiary/aromatic N) is 1. The topological polar surface area (TPSA) is 37.3 Å². The minimum Gasteiger partial charge on any atom is -0.481 e. The molecular weight excluding hydrogens is 298 g/mol.